The van der Waals surface area contributed by atoms with Crippen molar-refractivity contribution in [2.75, 3.05) is 4.90 Å². The van der Waals surface area contributed by atoms with Crippen LogP contribution in [0.4, 0.5) is 10.6 Å². The molecule has 2 N–H and O–H groups in total. The molecule has 0 bridgehead atoms. The zero-order valence-electron chi connectivity index (χ0n) is 20.5. The van der Waals surface area contributed by atoms with Crippen molar-refractivity contribution in [1.29, 1.82) is 0 Å². The molecule has 0 atom stereocenters. The summed E-state index contributed by atoms with van der Waals surface area (Å²) in [6.07, 6.45) is 7.26. The lowest BCUT2D eigenvalue weighted by atomic mass is 9.82. The van der Waals surface area contributed by atoms with Crippen LogP contribution in [0.1, 0.15) is 57.7 Å². The lowest BCUT2D eigenvalue weighted by Gasteiger charge is -2.32. The summed E-state index contributed by atoms with van der Waals surface area (Å²) in [6.45, 7) is 6.02. The van der Waals surface area contributed by atoms with Crippen molar-refractivity contribution in [1.82, 2.24) is 20.0 Å². The first kappa shape index (κ1) is 24.5. The zero-order chi connectivity index (χ0) is 24.9. The number of aromatic nitrogens is 4. The highest BCUT2D eigenvalue weighted by Crippen LogP contribution is 2.35. The third-order valence-corrected chi connectivity index (χ3v) is 6.64. The van der Waals surface area contributed by atoms with Crippen LogP contribution in [0.25, 0.3) is 5.69 Å². The Morgan fingerprint density at radius 1 is 1.14 bits per heavy atom. The van der Waals surface area contributed by atoms with Crippen LogP contribution in [0.5, 0.6) is 5.75 Å². The molecule has 0 saturated heterocycles. The Bertz CT molecular complexity index is 1130. The van der Waals surface area contributed by atoms with E-state index < -0.39 is 6.16 Å². The minimum absolute atomic E-state index is 0.0268. The van der Waals surface area contributed by atoms with Gasteiger partial charge in [0.25, 0.3) is 0 Å². The number of ether oxygens (including phenoxy) is 1. The van der Waals surface area contributed by atoms with Crippen LogP contribution in [0.3, 0.4) is 0 Å². The second-order valence-corrected chi connectivity index (χ2v) is 9.62. The molecule has 1 aliphatic rings. The van der Waals surface area contributed by atoms with Crippen molar-refractivity contribution < 1.29 is 19.4 Å². The van der Waals surface area contributed by atoms with Gasteiger partial charge in [-0.3, -0.25) is 14.8 Å². The first-order valence-electron chi connectivity index (χ1n) is 12.2. The minimum Gasteiger partial charge on any atom is -0.449 e. The highest BCUT2D eigenvalue weighted by atomic mass is 16.7. The summed E-state index contributed by atoms with van der Waals surface area (Å²) in [5.74, 6) is 0.783. The molecule has 4 rings (SSSR count). The van der Waals surface area contributed by atoms with E-state index in [0.717, 1.165) is 55.5 Å². The topological polar surface area (TPSA) is 113 Å². The number of nitrogens with zero attached hydrogens (tertiary/aromatic N) is 4. The van der Waals surface area contributed by atoms with Gasteiger partial charge in [0.15, 0.2) is 5.75 Å². The van der Waals surface area contributed by atoms with Crippen LogP contribution in [0.2, 0.25) is 0 Å². The Morgan fingerprint density at radius 2 is 1.86 bits per heavy atom. The molecule has 1 saturated carbocycles. The quantitative estimate of drug-likeness (QED) is 0.439. The average Bonchev–Trinajstić information content (AvgIpc) is 3.49. The monoisotopic (exact) mass is 479 g/mol. The Morgan fingerprint density at radius 3 is 2.46 bits per heavy atom. The van der Waals surface area contributed by atoms with Gasteiger partial charge in [0.2, 0.25) is 11.7 Å². The number of aromatic amines is 1. The minimum atomic E-state index is -1.44. The second-order valence-electron chi connectivity index (χ2n) is 9.62. The van der Waals surface area contributed by atoms with E-state index in [2.05, 4.69) is 22.2 Å². The summed E-state index contributed by atoms with van der Waals surface area (Å²) < 4.78 is 6.63. The SMILES string of the molecule is CC(C)N(c1nn(-c2ccc(CCc3cc[nH]n3)cc2)cc1OC(=O)O)C(=O)[C@H]1CC[C@H](C)CC1. The van der Waals surface area contributed by atoms with Crippen LogP contribution < -0.4 is 9.64 Å². The number of hydrogen-bond donors (Lipinski definition) is 2. The first-order chi connectivity index (χ1) is 16.8. The predicted octanol–water partition coefficient (Wildman–Crippen LogP) is 5.01. The van der Waals surface area contributed by atoms with Crippen LogP contribution in [-0.4, -0.2) is 43.2 Å². The van der Waals surface area contributed by atoms with E-state index in [1.54, 1.807) is 9.58 Å². The van der Waals surface area contributed by atoms with Gasteiger partial charge in [-0.15, -0.1) is 5.10 Å². The molecule has 0 spiro atoms. The number of carbonyl (C=O) groups is 2. The normalized spacial score (nSPS) is 17.9. The van der Waals surface area contributed by atoms with Crippen molar-refractivity contribution in [2.24, 2.45) is 11.8 Å². The maximum atomic E-state index is 13.5. The van der Waals surface area contributed by atoms with E-state index in [9.17, 15) is 14.7 Å². The first-order valence-corrected chi connectivity index (χ1v) is 12.2. The molecule has 3 aromatic rings. The lowest BCUT2D eigenvalue weighted by molar-refractivity contribution is -0.124. The smallest absolute Gasteiger partial charge is 0.449 e. The number of carboxylic acid groups (broad SMARTS) is 1. The number of aryl methyl sites for hydroxylation is 2. The van der Waals surface area contributed by atoms with E-state index in [1.807, 2.05) is 50.4 Å². The van der Waals surface area contributed by atoms with Crippen LogP contribution >= 0.6 is 0 Å². The summed E-state index contributed by atoms with van der Waals surface area (Å²) >= 11 is 0. The molecule has 9 nitrogen and oxygen atoms in total. The van der Waals surface area contributed by atoms with Gasteiger partial charge in [-0.25, -0.2) is 9.48 Å². The molecule has 0 radical (unpaired) electrons. The molecule has 2 heterocycles. The Balaban J connectivity index is 1.58. The van der Waals surface area contributed by atoms with Crippen molar-refractivity contribution in [2.45, 2.75) is 65.3 Å². The molecule has 1 fully saturated rings. The number of amides is 1. The fraction of sp³-hybridized carbons (Fsp3) is 0.462. The Hall–Kier alpha value is -3.62. The van der Waals surface area contributed by atoms with E-state index in [4.69, 9.17) is 4.74 Å². The zero-order valence-corrected chi connectivity index (χ0v) is 20.5. The fourth-order valence-corrected chi connectivity index (χ4v) is 4.64. The van der Waals surface area contributed by atoms with Gasteiger partial charge < -0.3 is 9.84 Å². The van der Waals surface area contributed by atoms with Gasteiger partial charge in [-0.1, -0.05) is 19.1 Å². The average molecular weight is 480 g/mol. The lowest BCUT2D eigenvalue weighted by Crippen LogP contribution is -2.42. The Kier molecular flexibility index (Phi) is 7.53. The van der Waals surface area contributed by atoms with Crippen molar-refractivity contribution in [3.05, 3.63) is 54.0 Å². The number of anilines is 1. The van der Waals surface area contributed by atoms with Gasteiger partial charge in [0.1, 0.15) is 0 Å². The third-order valence-electron chi connectivity index (χ3n) is 6.64. The van der Waals surface area contributed by atoms with Crippen LogP contribution in [-0.2, 0) is 17.6 Å². The van der Waals surface area contributed by atoms with Gasteiger partial charge in [-0.05, 0) is 82.1 Å². The third kappa shape index (κ3) is 5.90. The predicted molar refractivity (Wildman–Crippen MR) is 132 cm³/mol. The summed E-state index contributed by atoms with van der Waals surface area (Å²) in [5, 5.41) is 20.9. The molecule has 9 heteroatoms. The number of nitrogens with one attached hydrogen (secondary N) is 1. The number of rotatable bonds is 8. The maximum absolute atomic E-state index is 13.5. The van der Waals surface area contributed by atoms with Crippen LogP contribution in [0, 0.1) is 11.8 Å². The van der Waals surface area contributed by atoms with Gasteiger partial charge >= 0.3 is 6.16 Å². The van der Waals surface area contributed by atoms with Gasteiger partial charge in [0, 0.05) is 18.2 Å². The Labute approximate surface area is 205 Å². The molecule has 1 aromatic carbocycles. The van der Waals surface area contributed by atoms with E-state index in [1.165, 1.54) is 6.20 Å². The van der Waals surface area contributed by atoms with Crippen molar-refractivity contribution in [3.63, 3.8) is 0 Å². The summed E-state index contributed by atoms with van der Waals surface area (Å²) in [5.41, 5.74) is 2.90. The number of H-pyrrole nitrogens is 1. The van der Waals surface area contributed by atoms with Gasteiger partial charge in [0.05, 0.1) is 17.6 Å². The van der Waals surface area contributed by atoms with E-state index >= 15 is 0 Å². The molecule has 2 aromatic heterocycles. The van der Waals surface area contributed by atoms with Crippen LogP contribution in [0.15, 0.2) is 42.7 Å². The standard InChI is InChI=1S/C26H33N5O4/c1-17(2)31(25(32)20-9-4-18(3)5-10-20)24-23(35-26(33)34)16-30(29-24)22-12-7-19(8-13-22)6-11-21-14-15-27-28-21/h7-8,12-18,20H,4-6,9-11H2,1-3H3,(H,27,28)(H,33,34)/t18-,20-. The molecular formula is C26H33N5O4. The number of hydrogen-bond acceptors (Lipinski definition) is 5. The van der Waals surface area contributed by atoms with Crippen molar-refractivity contribution >= 4 is 17.9 Å². The molecule has 1 aliphatic carbocycles. The highest BCUT2D eigenvalue weighted by Gasteiger charge is 2.34. The molecule has 0 unspecified atom stereocenters. The molecule has 35 heavy (non-hydrogen) atoms. The molecule has 186 valence electrons. The van der Waals surface area contributed by atoms with Gasteiger partial charge in [-0.2, -0.15) is 5.10 Å². The molecule has 0 aliphatic heterocycles. The molecule has 1 amide bonds. The highest BCUT2D eigenvalue weighted by molar-refractivity contribution is 5.96. The summed E-state index contributed by atoms with van der Waals surface area (Å²) in [6, 6.07) is 9.62. The van der Waals surface area contributed by atoms with E-state index in [-0.39, 0.29) is 29.4 Å². The largest absolute Gasteiger partial charge is 0.511 e. The van der Waals surface area contributed by atoms with Crippen molar-refractivity contribution in [3.8, 4) is 11.4 Å². The number of carbonyl (C=O) groups excluding carboxylic acids is 1. The second kappa shape index (κ2) is 10.8. The molecular weight excluding hydrogens is 446 g/mol. The number of benzene rings is 1. The van der Waals surface area contributed by atoms with E-state index in [0.29, 0.717) is 5.92 Å². The summed E-state index contributed by atoms with van der Waals surface area (Å²) in [7, 11) is 0. The summed E-state index contributed by atoms with van der Waals surface area (Å²) in [4.78, 5) is 26.5. The fourth-order valence-electron chi connectivity index (χ4n) is 4.64. The maximum Gasteiger partial charge on any atom is 0.511 e.